The summed E-state index contributed by atoms with van der Waals surface area (Å²) in [5, 5.41) is 16.1. The van der Waals surface area contributed by atoms with Crippen LogP contribution in [0.2, 0.25) is 0 Å². The van der Waals surface area contributed by atoms with Crippen molar-refractivity contribution in [3.05, 3.63) is 106 Å². The largest absolute Gasteiger partial charge is 0.322 e. The third kappa shape index (κ3) is 5.61. The van der Waals surface area contributed by atoms with E-state index in [4.69, 9.17) is 0 Å². The second-order valence-electron chi connectivity index (χ2n) is 6.07. The van der Waals surface area contributed by atoms with Gasteiger partial charge in [-0.2, -0.15) is 0 Å². The molecule has 0 fully saturated rings. The highest BCUT2D eigenvalue weighted by atomic mass is 16.6. The van der Waals surface area contributed by atoms with Gasteiger partial charge in [0.1, 0.15) is 0 Å². The van der Waals surface area contributed by atoms with Crippen molar-refractivity contribution < 1.29 is 14.5 Å². The lowest BCUT2D eigenvalue weighted by atomic mass is 10.1. The molecule has 3 aromatic rings. The molecule has 7 nitrogen and oxygen atoms in total. The Hall–Kier alpha value is -4.26. The highest BCUT2D eigenvalue weighted by Crippen LogP contribution is 2.15. The minimum absolute atomic E-state index is 0.0165. The molecule has 3 aromatic carbocycles. The SMILES string of the molecule is O=C(/C=C/c1ccc([N+](=O)[O-])cc1)Nc1cccc(C(=O)Nc2ccccc2)c1. The Bertz CT molecular complexity index is 1060. The van der Waals surface area contributed by atoms with Gasteiger partial charge >= 0.3 is 0 Å². The summed E-state index contributed by atoms with van der Waals surface area (Å²) in [4.78, 5) is 34.6. The monoisotopic (exact) mass is 387 g/mol. The molecule has 0 aromatic heterocycles. The maximum absolute atomic E-state index is 12.4. The first-order valence-electron chi connectivity index (χ1n) is 8.71. The van der Waals surface area contributed by atoms with Crippen LogP contribution in [0.15, 0.2) is 84.9 Å². The van der Waals surface area contributed by atoms with Gasteiger partial charge in [0.05, 0.1) is 4.92 Å². The number of amides is 2. The van der Waals surface area contributed by atoms with Crippen LogP contribution in [-0.2, 0) is 4.79 Å². The number of hydrogen-bond donors (Lipinski definition) is 2. The zero-order chi connectivity index (χ0) is 20.6. The van der Waals surface area contributed by atoms with Crippen molar-refractivity contribution in [1.29, 1.82) is 0 Å². The smallest absolute Gasteiger partial charge is 0.269 e. The van der Waals surface area contributed by atoms with E-state index in [2.05, 4.69) is 10.6 Å². The highest BCUT2D eigenvalue weighted by Gasteiger charge is 2.08. The Morgan fingerprint density at radius 3 is 2.21 bits per heavy atom. The van der Waals surface area contributed by atoms with Gasteiger partial charge in [0.2, 0.25) is 5.91 Å². The summed E-state index contributed by atoms with van der Waals surface area (Å²) in [6.07, 6.45) is 2.86. The second-order valence-corrected chi connectivity index (χ2v) is 6.07. The van der Waals surface area contributed by atoms with Crippen LogP contribution in [0.25, 0.3) is 6.08 Å². The number of rotatable bonds is 6. The minimum Gasteiger partial charge on any atom is -0.322 e. The molecule has 0 spiro atoms. The fraction of sp³-hybridized carbons (Fsp3) is 0. The molecule has 0 heterocycles. The molecule has 0 bridgehead atoms. The van der Waals surface area contributed by atoms with Crippen LogP contribution in [0.4, 0.5) is 17.1 Å². The standard InChI is InChI=1S/C22H17N3O4/c26-21(14-11-16-9-12-20(13-10-16)25(28)29)23-19-8-4-5-17(15-19)22(27)24-18-6-2-1-3-7-18/h1-15H,(H,23,26)(H,24,27)/b14-11+. The zero-order valence-corrected chi connectivity index (χ0v) is 15.2. The lowest BCUT2D eigenvalue weighted by molar-refractivity contribution is -0.384. The minimum atomic E-state index is -0.485. The summed E-state index contributed by atoms with van der Waals surface area (Å²) in [6, 6.07) is 21.5. The van der Waals surface area contributed by atoms with Crippen LogP contribution in [0.1, 0.15) is 15.9 Å². The molecule has 2 amide bonds. The maximum atomic E-state index is 12.4. The molecule has 0 unspecified atom stereocenters. The normalized spacial score (nSPS) is 10.5. The van der Waals surface area contributed by atoms with Crippen LogP contribution in [0, 0.1) is 10.1 Å². The van der Waals surface area contributed by atoms with Gasteiger partial charge in [0.25, 0.3) is 11.6 Å². The molecule has 0 saturated carbocycles. The fourth-order valence-corrected chi connectivity index (χ4v) is 2.53. The number of carbonyl (C=O) groups excluding carboxylic acids is 2. The number of hydrogen-bond acceptors (Lipinski definition) is 4. The van der Waals surface area contributed by atoms with E-state index in [1.165, 1.54) is 18.2 Å². The predicted octanol–water partition coefficient (Wildman–Crippen LogP) is 4.50. The molecular formula is C22H17N3O4. The van der Waals surface area contributed by atoms with E-state index in [1.807, 2.05) is 18.2 Å². The summed E-state index contributed by atoms with van der Waals surface area (Å²) in [7, 11) is 0. The first kappa shape index (κ1) is 19.5. The molecular weight excluding hydrogens is 370 g/mol. The van der Waals surface area contributed by atoms with E-state index in [0.29, 0.717) is 22.5 Å². The van der Waals surface area contributed by atoms with Crippen molar-refractivity contribution in [2.75, 3.05) is 10.6 Å². The highest BCUT2D eigenvalue weighted by molar-refractivity contribution is 6.06. The number of carbonyl (C=O) groups is 2. The third-order valence-corrected chi connectivity index (χ3v) is 3.96. The quantitative estimate of drug-likeness (QED) is 0.369. The molecule has 2 N–H and O–H groups in total. The Labute approximate surface area is 166 Å². The van der Waals surface area contributed by atoms with Crippen molar-refractivity contribution in [3.8, 4) is 0 Å². The number of non-ortho nitro benzene ring substituents is 1. The van der Waals surface area contributed by atoms with E-state index in [0.717, 1.165) is 0 Å². The van der Waals surface area contributed by atoms with Crippen LogP contribution in [-0.4, -0.2) is 16.7 Å². The zero-order valence-electron chi connectivity index (χ0n) is 15.2. The van der Waals surface area contributed by atoms with E-state index in [9.17, 15) is 19.7 Å². The van der Waals surface area contributed by atoms with Crippen molar-refractivity contribution in [2.24, 2.45) is 0 Å². The fourth-order valence-electron chi connectivity index (χ4n) is 2.53. The summed E-state index contributed by atoms with van der Waals surface area (Å²) < 4.78 is 0. The second kappa shape index (κ2) is 9.09. The van der Waals surface area contributed by atoms with Crippen molar-refractivity contribution >= 4 is 35.0 Å². The van der Waals surface area contributed by atoms with E-state index < -0.39 is 4.92 Å². The number of para-hydroxylation sites is 1. The van der Waals surface area contributed by atoms with Crippen molar-refractivity contribution in [3.63, 3.8) is 0 Å². The Morgan fingerprint density at radius 2 is 1.52 bits per heavy atom. The molecule has 0 saturated heterocycles. The molecule has 0 radical (unpaired) electrons. The number of nitro benzene ring substituents is 1. The summed E-state index contributed by atoms with van der Waals surface area (Å²) in [6.45, 7) is 0. The van der Waals surface area contributed by atoms with Crippen LogP contribution in [0.3, 0.4) is 0 Å². The first-order valence-corrected chi connectivity index (χ1v) is 8.71. The average Bonchev–Trinajstić information content (AvgIpc) is 2.73. The van der Waals surface area contributed by atoms with Crippen LogP contribution >= 0.6 is 0 Å². The Kier molecular flexibility index (Phi) is 6.12. The average molecular weight is 387 g/mol. The van der Waals surface area contributed by atoms with Crippen molar-refractivity contribution in [1.82, 2.24) is 0 Å². The third-order valence-electron chi connectivity index (χ3n) is 3.96. The molecule has 0 aliphatic heterocycles. The van der Waals surface area contributed by atoms with Crippen LogP contribution in [0.5, 0.6) is 0 Å². The lowest BCUT2D eigenvalue weighted by Gasteiger charge is -2.07. The summed E-state index contributed by atoms with van der Waals surface area (Å²) in [5.74, 6) is -0.669. The maximum Gasteiger partial charge on any atom is 0.269 e. The van der Waals surface area contributed by atoms with Crippen molar-refractivity contribution in [2.45, 2.75) is 0 Å². The van der Waals surface area contributed by atoms with Crippen LogP contribution < -0.4 is 10.6 Å². The van der Waals surface area contributed by atoms with Gasteiger partial charge < -0.3 is 10.6 Å². The van der Waals surface area contributed by atoms with Gasteiger partial charge in [-0.25, -0.2) is 0 Å². The van der Waals surface area contributed by atoms with Gasteiger partial charge in [0, 0.05) is 35.1 Å². The lowest BCUT2D eigenvalue weighted by Crippen LogP contribution is -2.13. The van der Waals surface area contributed by atoms with E-state index in [-0.39, 0.29) is 17.5 Å². The molecule has 0 aliphatic rings. The molecule has 7 heteroatoms. The van der Waals surface area contributed by atoms with Gasteiger partial charge in [-0.15, -0.1) is 0 Å². The van der Waals surface area contributed by atoms with Gasteiger partial charge in [-0.05, 0) is 54.1 Å². The molecule has 0 aliphatic carbocycles. The summed E-state index contributed by atoms with van der Waals surface area (Å²) >= 11 is 0. The molecule has 144 valence electrons. The molecule has 0 atom stereocenters. The van der Waals surface area contributed by atoms with Gasteiger partial charge in [-0.3, -0.25) is 19.7 Å². The Balaban J connectivity index is 1.62. The summed E-state index contributed by atoms with van der Waals surface area (Å²) in [5.41, 5.74) is 2.20. The number of benzene rings is 3. The molecule has 3 rings (SSSR count). The topological polar surface area (TPSA) is 101 Å². The number of nitrogens with one attached hydrogen (secondary N) is 2. The predicted molar refractivity (Wildman–Crippen MR) is 112 cm³/mol. The number of nitro groups is 1. The first-order chi connectivity index (χ1) is 14.0. The number of nitrogens with zero attached hydrogens (tertiary/aromatic N) is 1. The van der Waals surface area contributed by atoms with Gasteiger partial charge in [-0.1, -0.05) is 24.3 Å². The number of anilines is 2. The molecule has 29 heavy (non-hydrogen) atoms. The Morgan fingerprint density at radius 1 is 0.828 bits per heavy atom. The van der Waals surface area contributed by atoms with Gasteiger partial charge in [0.15, 0.2) is 0 Å². The van der Waals surface area contributed by atoms with E-state index >= 15 is 0 Å². The van der Waals surface area contributed by atoms with E-state index in [1.54, 1.807) is 54.6 Å².